The van der Waals surface area contributed by atoms with Gasteiger partial charge in [-0.2, -0.15) is 13.2 Å². The largest absolute Gasteiger partial charge is 0.471 e. The Bertz CT molecular complexity index is 1140. The number of amides is 3. The van der Waals surface area contributed by atoms with E-state index < -0.39 is 12.1 Å². The summed E-state index contributed by atoms with van der Waals surface area (Å²) >= 11 is 0. The molecule has 1 aromatic heterocycles. The molecule has 37 heavy (non-hydrogen) atoms. The molecule has 3 N–H and O–H groups in total. The number of nitrogens with one attached hydrogen (secondary N) is 3. The van der Waals surface area contributed by atoms with E-state index in [9.17, 15) is 27.6 Å². The second-order valence-corrected chi connectivity index (χ2v) is 9.66. The molecule has 8 nitrogen and oxygen atoms in total. The van der Waals surface area contributed by atoms with Crippen LogP contribution in [-0.2, 0) is 9.59 Å². The highest BCUT2D eigenvalue weighted by Crippen LogP contribution is 2.38. The van der Waals surface area contributed by atoms with E-state index in [4.69, 9.17) is 0 Å². The van der Waals surface area contributed by atoms with Crippen molar-refractivity contribution in [1.29, 1.82) is 0 Å². The lowest BCUT2D eigenvalue weighted by Gasteiger charge is -2.46. The van der Waals surface area contributed by atoms with Crippen LogP contribution in [-0.4, -0.2) is 65.5 Å². The number of hydrogen-bond acceptors (Lipinski definition) is 5. The van der Waals surface area contributed by atoms with Gasteiger partial charge >= 0.3 is 12.1 Å². The van der Waals surface area contributed by atoms with E-state index in [1.54, 1.807) is 18.2 Å². The van der Waals surface area contributed by atoms with Crippen molar-refractivity contribution < 1.29 is 27.6 Å². The van der Waals surface area contributed by atoms with Gasteiger partial charge in [0.1, 0.15) is 0 Å². The third-order valence-corrected chi connectivity index (χ3v) is 6.91. The molecule has 1 saturated heterocycles. The molecule has 198 valence electrons. The predicted molar refractivity (Wildman–Crippen MR) is 131 cm³/mol. The fourth-order valence-corrected chi connectivity index (χ4v) is 4.99. The lowest BCUT2D eigenvalue weighted by Crippen LogP contribution is -2.63. The van der Waals surface area contributed by atoms with Gasteiger partial charge in [0, 0.05) is 36.8 Å². The highest BCUT2D eigenvalue weighted by Gasteiger charge is 2.40. The van der Waals surface area contributed by atoms with E-state index in [0.29, 0.717) is 30.4 Å². The normalized spacial score (nSPS) is 20.5. The maximum Gasteiger partial charge on any atom is 0.471 e. The Kier molecular flexibility index (Phi) is 8.11. The summed E-state index contributed by atoms with van der Waals surface area (Å²) in [4.78, 5) is 42.4. The molecular formula is C26H30F3N5O3. The highest BCUT2D eigenvalue weighted by atomic mass is 19.4. The van der Waals surface area contributed by atoms with Crippen LogP contribution >= 0.6 is 0 Å². The van der Waals surface area contributed by atoms with Gasteiger partial charge in [-0.05, 0) is 56.9 Å². The third kappa shape index (κ3) is 6.85. The molecule has 0 unspecified atom stereocenters. The van der Waals surface area contributed by atoms with Crippen LogP contribution < -0.4 is 16.0 Å². The first-order chi connectivity index (χ1) is 17.6. The van der Waals surface area contributed by atoms with Crippen LogP contribution in [0.3, 0.4) is 0 Å². The van der Waals surface area contributed by atoms with E-state index in [1.807, 2.05) is 18.3 Å². The first kappa shape index (κ1) is 26.6. The zero-order valence-electron chi connectivity index (χ0n) is 20.5. The van der Waals surface area contributed by atoms with Crippen LogP contribution in [0, 0.1) is 6.92 Å². The fraction of sp³-hybridized carbons (Fsp3) is 0.462. The lowest BCUT2D eigenvalue weighted by atomic mass is 9.81. The minimum atomic E-state index is -4.96. The summed E-state index contributed by atoms with van der Waals surface area (Å²) in [7, 11) is 0. The molecule has 0 spiro atoms. The van der Waals surface area contributed by atoms with Gasteiger partial charge in [0.15, 0.2) is 0 Å². The average molecular weight is 518 g/mol. The van der Waals surface area contributed by atoms with Crippen molar-refractivity contribution in [3.8, 4) is 0 Å². The van der Waals surface area contributed by atoms with Gasteiger partial charge in [0.25, 0.3) is 5.91 Å². The topological polar surface area (TPSA) is 103 Å². The molecule has 3 amide bonds. The number of carbonyl (C=O) groups is 3. The van der Waals surface area contributed by atoms with Gasteiger partial charge in [-0.15, -0.1) is 0 Å². The molecule has 2 fully saturated rings. The van der Waals surface area contributed by atoms with Crippen molar-refractivity contribution in [2.45, 2.75) is 56.8 Å². The molecule has 1 aromatic carbocycles. The number of benzene rings is 1. The molecule has 0 bridgehead atoms. The molecular weight excluding hydrogens is 487 g/mol. The smallest absolute Gasteiger partial charge is 0.349 e. The number of hydrogen-bond donors (Lipinski definition) is 3. The van der Waals surface area contributed by atoms with E-state index in [2.05, 4.69) is 20.5 Å². The average Bonchev–Trinajstić information content (AvgIpc) is 2.84. The zero-order valence-corrected chi connectivity index (χ0v) is 20.5. The molecule has 1 saturated carbocycles. The number of carbonyl (C=O) groups excluding carboxylic acids is 3. The summed E-state index contributed by atoms with van der Waals surface area (Å²) in [5.74, 6) is -2.56. The number of nitrogens with zero attached hydrogens (tertiary/aromatic N) is 2. The minimum Gasteiger partial charge on any atom is -0.349 e. The van der Waals surface area contributed by atoms with Gasteiger partial charge in [0.2, 0.25) is 5.91 Å². The molecule has 2 aromatic rings. The predicted octanol–water partition coefficient (Wildman–Crippen LogP) is 3.15. The number of halogens is 3. The summed E-state index contributed by atoms with van der Waals surface area (Å²) in [5, 5.41) is 7.53. The Morgan fingerprint density at radius 1 is 1.05 bits per heavy atom. The third-order valence-electron chi connectivity index (χ3n) is 6.91. The summed E-state index contributed by atoms with van der Waals surface area (Å²) in [6.45, 7) is 3.23. The molecule has 1 aliphatic heterocycles. The maximum absolute atomic E-state index is 12.7. The summed E-state index contributed by atoms with van der Waals surface area (Å²) in [6.07, 6.45) is -0.246. The first-order valence-corrected chi connectivity index (χ1v) is 12.3. The lowest BCUT2D eigenvalue weighted by molar-refractivity contribution is -0.167. The first-order valence-electron chi connectivity index (χ1n) is 12.3. The van der Waals surface area contributed by atoms with Gasteiger partial charge < -0.3 is 16.0 Å². The van der Waals surface area contributed by atoms with Crippen molar-refractivity contribution >= 4 is 23.4 Å². The molecule has 4 rings (SSSR count). The molecule has 1 aliphatic carbocycles. The van der Waals surface area contributed by atoms with Gasteiger partial charge in [-0.25, -0.2) is 0 Å². The second kappa shape index (κ2) is 11.3. The number of alkyl halides is 3. The number of aryl methyl sites for hydroxylation is 1. The summed E-state index contributed by atoms with van der Waals surface area (Å²) < 4.78 is 38.1. The second-order valence-electron chi connectivity index (χ2n) is 9.66. The summed E-state index contributed by atoms with van der Waals surface area (Å²) in [5.41, 5.74) is 2.07. The Morgan fingerprint density at radius 3 is 2.46 bits per heavy atom. The Morgan fingerprint density at radius 2 is 1.78 bits per heavy atom. The number of anilines is 1. The Balaban J connectivity index is 1.19. The molecule has 0 atom stereocenters. The van der Waals surface area contributed by atoms with Crippen LogP contribution in [0.5, 0.6) is 0 Å². The highest BCUT2D eigenvalue weighted by molar-refractivity contribution is 5.96. The summed E-state index contributed by atoms with van der Waals surface area (Å²) in [6, 6.07) is 10.4. The monoisotopic (exact) mass is 517 g/mol. The van der Waals surface area contributed by atoms with Crippen LogP contribution in [0.4, 0.5) is 18.9 Å². The van der Waals surface area contributed by atoms with Crippen LogP contribution in [0.25, 0.3) is 0 Å². The van der Waals surface area contributed by atoms with Crippen molar-refractivity contribution in [1.82, 2.24) is 20.5 Å². The SMILES string of the molecule is Cc1cccc(C(=O)NCC(=O)NC2CN([C@H]3CC[C@@H](c4ncccc4NC(=O)C(F)(F)F)CC3)C2)c1. The van der Waals surface area contributed by atoms with Gasteiger partial charge in [-0.1, -0.05) is 17.7 Å². The quantitative estimate of drug-likeness (QED) is 0.524. The number of likely N-dealkylation sites (tertiary alicyclic amines) is 1. The van der Waals surface area contributed by atoms with Crippen LogP contribution in [0.15, 0.2) is 42.6 Å². The van der Waals surface area contributed by atoms with E-state index in [-0.39, 0.29) is 36.0 Å². The Hall–Kier alpha value is -3.47. The van der Waals surface area contributed by atoms with Gasteiger partial charge in [-0.3, -0.25) is 24.3 Å². The number of pyridine rings is 1. The van der Waals surface area contributed by atoms with Crippen molar-refractivity contribution in [3.05, 3.63) is 59.4 Å². The number of rotatable bonds is 7. The van der Waals surface area contributed by atoms with E-state index in [1.165, 1.54) is 18.3 Å². The minimum absolute atomic E-state index is 0.0149. The molecule has 11 heteroatoms. The molecule has 0 radical (unpaired) electrons. The van der Waals surface area contributed by atoms with E-state index in [0.717, 1.165) is 31.2 Å². The molecule has 2 heterocycles. The van der Waals surface area contributed by atoms with Crippen LogP contribution in [0.1, 0.15) is 53.2 Å². The fourth-order valence-electron chi connectivity index (χ4n) is 4.99. The zero-order chi connectivity index (χ0) is 26.6. The standard InChI is InChI=1S/C26H30F3N5O3/c1-16-4-2-5-18(12-16)24(36)31-13-22(35)32-19-14-34(15-19)20-9-7-17(8-10-20)23-21(6-3-11-30-23)33-25(37)26(27,28)29/h2-6,11-12,17,19-20H,7-10,13-15H2,1H3,(H,31,36)(H,32,35)(H,33,37)/t17-,20+. The van der Waals surface area contributed by atoms with Crippen molar-refractivity contribution in [3.63, 3.8) is 0 Å². The van der Waals surface area contributed by atoms with Crippen LogP contribution in [0.2, 0.25) is 0 Å². The molecule has 2 aliphatic rings. The van der Waals surface area contributed by atoms with E-state index >= 15 is 0 Å². The number of aromatic nitrogens is 1. The van der Waals surface area contributed by atoms with Gasteiger partial charge in [0.05, 0.1) is 24.0 Å². The Labute approximate surface area is 213 Å². The van der Waals surface area contributed by atoms with Crippen molar-refractivity contribution in [2.24, 2.45) is 0 Å². The maximum atomic E-state index is 12.7. The van der Waals surface area contributed by atoms with Crippen molar-refractivity contribution in [2.75, 3.05) is 25.0 Å².